The lowest BCUT2D eigenvalue weighted by molar-refractivity contribution is -0.143. The van der Waals surface area contributed by atoms with E-state index in [0.29, 0.717) is 13.2 Å². The molecule has 0 spiro atoms. The van der Waals surface area contributed by atoms with E-state index in [0.717, 1.165) is 42.2 Å². The number of aryl methyl sites for hydroxylation is 2. The Balaban J connectivity index is 1.59. The van der Waals surface area contributed by atoms with Crippen molar-refractivity contribution in [3.8, 4) is 11.8 Å². The van der Waals surface area contributed by atoms with Crippen LogP contribution in [0.2, 0.25) is 18.1 Å². The number of carbonyl (C=O) groups is 1. The molecule has 0 aliphatic carbocycles. The van der Waals surface area contributed by atoms with Crippen LogP contribution in [-0.4, -0.2) is 38.6 Å². The molecule has 0 bridgehead atoms. The quantitative estimate of drug-likeness (QED) is 0.119. The molecule has 0 radical (unpaired) electrons. The number of nitrogens with zero attached hydrogens (tertiary/aromatic N) is 2. The molecule has 1 heterocycles. The van der Waals surface area contributed by atoms with Crippen LogP contribution in [0, 0.1) is 11.3 Å². The first-order valence-corrected chi connectivity index (χ1v) is 16.7. The SMILES string of the molecule is CC(C)(C)[Si](C)(C)OC(CCc1cccnc1)COc1ccc2cc(CCCOC(=O)CCC#N)ccc2c1. The van der Waals surface area contributed by atoms with E-state index in [1.165, 1.54) is 11.1 Å². The molecule has 2 aromatic carbocycles. The van der Waals surface area contributed by atoms with Crippen LogP contribution in [0.4, 0.5) is 0 Å². The van der Waals surface area contributed by atoms with Gasteiger partial charge in [-0.1, -0.05) is 51.1 Å². The number of fused-ring (bicyclic) bond motifs is 1. The summed E-state index contributed by atoms with van der Waals surface area (Å²) in [6.07, 6.45) is 7.43. The molecule has 39 heavy (non-hydrogen) atoms. The predicted octanol–water partition coefficient (Wildman–Crippen LogP) is 7.42. The zero-order valence-corrected chi connectivity index (χ0v) is 25.0. The van der Waals surface area contributed by atoms with Gasteiger partial charge in [0, 0.05) is 18.8 Å². The van der Waals surface area contributed by atoms with Crippen LogP contribution in [0.3, 0.4) is 0 Å². The first-order valence-electron chi connectivity index (χ1n) is 13.8. The highest BCUT2D eigenvalue weighted by atomic mass is 28.4. The zero-order chi connectivity index (χ0) is 28.3. The number of hydrogen-bond donors (Lipinski definition) is 0. The second kappa shape index (κ2) is 14.3. The van der Waals surface area contributed by atoms with Gasteiger partial charge >= 0.3 is 5.97 Å². The van der Waals surface area contributed by atoms with E-state index in [4.69, 9.17) is 19.2 Å². The Morgan fingerprint density at radius 1 is 1.05 bits per heavy atom. The lowest BCUT2D eigenvalue weighted by atomic mass is 10.0. The second-order valence-corrected chi connectivity index (χ2v) is 16.3. The lowest BCUT2D eigenvalue weighted by Gasteiger charge is -2.39. The Bertz CT molecular complexity index is 1250. The smallest absolute Gasteiger partial charge is 0.306 e. The predicted molar refractivity (Wildman–Crippen MR) is 158 cm³/mol. The van der Waals surface area contributed by atoms with E-state index < -0.39 is 8.32 Å². The van der Waals surface area contributed by atoms with E-state index >= 15 is 0 Å². The number of rotatable bonds is 14. The molecule has 7 heteroatoms. The summed E-state index contributed by atoms with van der Waals surface area (Å²) in [5, 5.41) is 10.9. The van der Waals surface area contributed by atoms with Gasteiger partial charge in [-0.2, -0.15) is 5.26 Å². The maximum atomic E-state index is 11.5. The fourth-order valence-electron chi connectivity index (χ4n) is 4.04. The van der Waals surface area contributed by atoms with E-state index in [-0.39, 0.29) is 30.0 Å². The standard InChI is InChI=1S/C32H42N2O4Si/c1-32(2,3)39(4,5)38-30(16-13-26-9-7-19-34-23-26)24-37-29-17-15-27-21-25(12-14-28(27)22-29)10-8-20-36-31(35)11-6-18-33/h7,9,12,14-15,17,19,21-23,30H,6,8,10-11,13,16,20,24H2,1-5H3. The fraction of sp³-hybridized carbons (Fsp3) is 0.469. The molecule has 3 rings (SSSR count). The number of benzene rings is 2. The number of aromatic nitrogens is 1. The van der Waals surface area contributed by atoms with Gasteiger partial charge < -0.3 is 13.9 Å². The molecular weight excluding hydrogens is 504 g/mol. The average molecular weight is 547 g/mol. The van der Waals surface area contributed by atoms with Crippen LogP contribution >= 0.6 is 0 Å². The number of ether oxygens (including phenoxy) is 2. The van der Waals surface area contributed by atoms with Crippen LogP contribution in [0.1, 0.15) is 57.6 Å². The topological polar surface area (TPSA) is 81.4 Å². The summed E-state index contributed by atoms with van der Waals surface area (Å²) in [5.41, 5.74) is 2.41. The van der Waals surface area contributed by atoms with E-state index in [2.05, 4.69) is 75.2 Å². The Morgan fingerprint density at radius 2 is 1.82 bits per heavy atom. The van der Waals surface area contributed by atoms with Crippen molar-refractivity contribution in [2.45, 2.75) is 83.5 Å². The molecule has 0 aliphatic heterocycles. The van der Waals surface area contributed by atoms with Crippen molar-refractivity contribution in [3.05, 3.63) is 72.1 Å². The van der Waals surface area contributed by atoms with Gasteiger partial charge in [-0.15, -0.1) is 0 Å². The van der Waals surface area contributed by atoms with Crippen molar-refractivity contribution in [3.63, 3.8) is 0 Å². The molecular formula is C32H42N2O4Si. The molecule has 6 nitrogen and oxygen atoms in total. The molecule has 1 unspecified atom stereocenters. The Morgan fingerprint density at radius 3 is 2.54 bits per heavy atom. The number of carbonyl (C=O) groups excluding carboxylic acids is 1. The number of nitriles is 1. The Kier molecular flexibility index (Phi) is 11.1. The van der Waals surface area contributed by atoms with Crippen molar-refractivity contribution in [2.75, 3.05) is 13.2 Å². The van der Waals surface area contributed by atoms with E-state index in [1.54, 1.807) is 6.20 Å². The average Bonchev–Trinajstić information content (AvgIpc) is 2.91. The van der Waals surface area contributed by atoms with Gasteiger partial charge in [-0.25, -0.2) is 0 Å². The normalized spacial score (nSPS) is 12.6. The van der Waals surface area contributed by atoms with E-state index in [1.807, 2.05) is 24.4 Å². The van der Waals surface area contributed by atoms with Crippen LogP contribution in [0.15, 0.2) is 60.9 Å². The summed E-state index contributed by atoms with van der Waals surface area (Å²) in [7, 11) is -1.96. The molecule has 0 fully saturated rings. The van der Waals surface area contributed by atoms with Gasteiger partial charge in [0.1, 0.15) is 12.4 Å². The van der Waals surface area contributed by atoms with Crippen molar-refractivity contribution in [2.24, 2.45) is 0 Å². The van der Waals surface area contributed by atoms with Gasteiger partial charge in [0.15, 0.2) is 8.32 Å². The van der Waals surface area contributed by atoms with Crippen molar-refractivity contribution >= 4 is 25.1 Å². The Labute approximate surface area is 234 Å². The first kappa shape index (κ1) is 30.3. The van der Waals surface area contributed by atoms with Gasteiger partial charge in [0.25, 0.3) is 0 Å². The molecule has 0 saturated carbocycles. The minimum Gasteiger partial charge on any atom is -0.491 e. The number of pyridine rings is 1. The van der Waals surface area contributed by atoms with Gasteiger partial charge in [-0.05, 0) is 83.9 Å². The summed E-state index contributed by atoms with van der Waals surface area (Å²) < 4.78 is 18.3. The van der Waals surface area contributed by atoms with Crippen LogP contribution in [-0.2, 0) is 26.8 Å². The monoisotopic (exact) mass is 546 g/mol. The molecule has 208 valence electrons. The summed E-state index contributed by atoms with van der Waals surface area (Å²) in [6.45, 7) is 12.2. The van der Waals surface area contributed by atoms with Crippen molar-refractivity contribution < 1.29 is 18.7 Å². The summed E-state index contributed by atoms with van der Waals surface area (Å²) in [5.74, 6) is 0.529. The van der Waals surface area contributed by atoms with Crippen LogP contribution in [0.5, 0.6) is 5.75 Å². The molecule has 3 aromatic rings. The van der Waals surface area contributed by atoms with Gasteiger partial charge in [0.05, 0.1) is 25.2 Å². The lowest BCUT2D eigenvalue weighted by Crippen LogP contribution is -2.45. The zero-order valence-electron chi connectivity index (χ0n) is 24.0. The number of esters is 1. The van der Waals surface area contributed by atoms with E-state index in [9.17, 15) is 4.79 Å². The van der Waals surface area contributed by atoms with Crippen LogP contribution in [0.25, 0.3) is 10.8 Å². The largest absolute Gasteiger partial charge is 0.491 e. The highest BCUT2D eigenvalue weighted by Gasteiger charge is 2.39. The third-order valence-corrected chi connectivity index (χ3v) is 11.9. The third-order valence-electron chi connectivity index (χ3n) is 7.37. The molecule has 1 atom stereocenters. The third kappa shape index (κ3) is 9.80. The molecule has 0 saturated heterocycles. The second-order valence-electron chi connectivity index (χ2n) is 11.5. The molecule has 1 aromatic heterocycles. The van der Waals surface area contributed by atoms with Gasteiger partial charge in [0.2, 0.25) is 0 Å². The summed E-state index contributed by atoms with van der Waals surface area (Å²) in [4.78, 5) is 15.8. The van der Waals surface area contributed by atoms with Crippen molar-refractivity contribution in [1.82, 2.24) is 4.98 Å². The molecule has 0 N–H and O–H groups in total. The first-order chi connectivity index (χ1) is 18.6. The van der Waals surface area contributed by atoms with Crippen LogP contribution < -0.4 is 4.74 Å². The summed E-state index contributed by atoms with van der Waals surface area (Å²) in [6, 6.07) is 18.6. The summed E-state index contributed by atoms with van der Waals surface area (Å²) >= 11 is 0. The molecule has 0 aliphatic rings. The molecule has 0 amide bonds. The minimum absolute atomic E-state index is 0.00169. The highest BCUT2D eigenvalue weighted by Crippen LogP contribution is 2.38. The highest BCUT2D eigenvalue weighted by molar-refractivity contribution is 6.74. The fourth-order valence-corrected chi connectivity index (χ4v) is 5.42. The number of hydrogen-bond acceptors (Lipinski definition) is 6. The minimum atomic E-state index is -1.96. The maximum absolute atomic E-state index is 11.5. The Hall–Kier alpha value is -3.21. The van der Waals surface area contributed by atoms with Gasteiger partial charge in [-0.3, -0.25) is 9.78 Å². The maximum Gasteiger partial charge on any atom is 0.306 e. The van der Waals surface area contributed by atoms with Crippen molar-refractivity contribution in [1.29, 1.82) is 5.26 Å².